The lowest BCUT2D eigenvalue weighted by molar-refractivity contribution is 0.132. The molecule has 4 nitrogen and oxygen atoms in total. The van der Waals surface area contributed by atoms with Gasteiger partial charge in [-0.25, -0.2) is 4.98 Å². The standard InChI is InChI=1S/C20H15Cl2N3OS/c1-13-2-4-14(5-3-13)19-18(25-8-9-27-20(25)24-19)11-23-26-12-15-6-7-16(21)10-17(15)22/h2-11H,12H2,1H3/b23-11+. The second-order valence-corrected chi connectivity index (χ2v) is 7.73. The zero-order chi connectivity index (χ0) is 18.8. The summed E-state index contributed by atoms with van der Waals surface area (Å²) in [5.74, 6) is 0. The molecular weight excluding hydrogens is 401 g/mol. The summed E-state index contributed by atoms with van der Waals surface area (Å²) in [6.07, 6.45) is 3.66. The summed E-state index contributed by atoms with van der Waals surface area (Å²) in [4.78, 5) is 11.1. The van der Waals surface area contributed by atoms with Gasteiger partial charge in [-0.15, -0.1) is 11.3 Å². The Balaban J connectivity index is 1.59. The number of imidazole rings is 1. The molecule has 0 fully saturated rings. The smallest absolute Gasteiger partial charge is 0.194 e. The number of aryl methyl sites for hydroxylation is 1. The summed E-state index contributed by atoms with van der Waals surface area (Å²) in [7, 11) is 0. The number of halogens is 2. The third-order valence-electron chi connectivity index (χ3n) is 4.11. The maximum absolute atomic E-state index is 6.16. The van der Waals surface area contributed by atoms with Crippen LogP contribution in [0.2, 0.25) is 10.0 Å². The van der Waals surface area contributed by atoms with Crippen LogP contribution in [0.25, 0.3) is 16.2 Å². The van der Waals surface area contributed by atoms with E-state index in [0.29, 0.717) is 10.0 Å². The minimum atomic E-state index is 0.262. The van der Waals surface area contributed by atoms with Crippen LogP contribution < -0.4 is 0 Å². The molecule has 0 N–H and O–H groups in total. The molecule has 0 saturated carbocycles. The summed E-state index contributed by atoms with van der Waals surface area (Å²) in [6, 6.07) is 13.6. The molecule has 27 heavy (non-hydrogen) atoms. The van der Waals surface area contributed by atoms with Gasteiger partial charge in [-0.2, -0.15) is 0 Å². The van der Waals surface area contributed by atoms with E-state index < -0.39 is 0 Å². The first-order valence-corrected chi connectivity index (χ1v) is 9.87. The second kappa shape index (κ2) is 7.72. The quantitative estimate of drug-likeness (QED) is 0.286. The van der Waals surface area contributed by atoms with Gasteiger partial charge in [0.25, 0.3) is 0 Å². The molecule has 136 valence electrons. The van der Waals surface area contributed by atoms with Crippen LogP contribution in [0.15, 0.2) is 59.2 Å². The van der Waals surface area contributed by atoms with E-state index in [0.717, 1.165) is 27.5 Å². The molecule has 0 unspecified atom stereocenters. The number of fused-ring (bicyclic) bond motifs is 1. The van der Waals surface area contributed by atoms with Crippen LogP contribution in [0, 0.1) is 6.92 Å². The zero-order valence-corrected chi connectivity index (χ0v) is 16.7. The second-order valence-electron chi connectivity index (χ2n) is 6.01. The molecule has 0 bridgehead atoms. The average Bonchev–Trinajstić information content (AvgIpc) is 3.23. The van der Waals surface area contributed by atoms with Crippen molar-refractivity contribution in [3.05, 3.63) is 80.9 Å². The minimum Gasteiger partial charge on any atom is -0.391 e. The summed E-state index contributed by atoms with van der Waals surface area (Å²) >= 11 is 13.7. The molecule has 0 spiro atoms. The summed E-state index contributed by atoms with van der Waals surface area (Å²) in [6.45, 7) is 2.32. The Labute approximate surface area is 170 Å². The molecule has 4 rings (SSSR count). The highest BCUT2D eigenvalue weighted by Crippen LogP contribution is 2.26. The largest absolute Gasteiger partial charge is 0.391 e. The fourth-order valence-electron chi connectivity index (χ4n) is 2.68. The van der Waals surface area contributed by atoms with Crippen molar-refractivity contribution >= 4 is 45.7 Å². The number of aromatic nitrogens is 2. The van der Waals surface area contributed by atoms with Crippen LogP contribution in [0.3, 0.4) is 0 Å². The molecule has 0 amide bonds. The Morgan fingerprint density at radius 3 is 2.78 bits per heavy atom. The zero-order valence-electron chi connectivity index (χ0n) is 14.4. The van der Waals surface area contributed by atoms with Crippen molar-refractivity contribution in [3.8, 4) is 11.3 Å². The van der Waals surface area contributed by atoms with Gasteiger partial charge in [0.1, 0.15) is 6.61 Å². The highest BCUT2D eigenvalue weighted by molar-refractivity contribution is 7.15. The Morgan fingerprint density at radius 2 is 2.00 bits per heavy atom. The van der Waals surface area contributed by atoms with Crippen molar-refractivity contribution in [3.63, 3.8) is 0 Å². The topological polar surface area (TPSA) is 38.9 Å². The third-order valence-corrected chi connectivity index (χ3v) is 5.45. The van der Waals surface area contributed by atoms with Gasteiger partial charge in [-0.05, 0) is 19.1 Å². The maximum Gasteiger partial charge on any atom is 0.194 e. The van der Waals surface area contributed by atoms with Gasteiger partial charge in [-0.3, -0.25) is 4.40 Å². The number of hydrogen-bond donors (Lipinski definition) is 0. The number of nitrogens with zero attached hydrogens (tertiary/aromatic N) is 3. The van der Waals surface area contributed by atoms with Crippen LogP contribution in [-0.2, 0) is 11.4 Å². The van der Waals surface area contributed by atoms with Crippen molar-refractivity contribution < 1.29 is 4.84 Å². The van der Waals surface area contributed by atoms with Crippen LogP contribution >= 0.6 is 34.5 Å². The molecule has 0 atom stereocenters. The Morgan fingerprint density at radius 1 is 1.19 bits per heavy atom. The maximum atomic E-state index is 6.16. The van der Waals surface area contributed by atoms with Gasteiger partial charge in [-0.1, -0.05) is 64.3 Å². The van der Waals surface area contributed by atoms with Gasteiger partial charge in [0.2, 0.25) is 0 Å². The molecule has 2 aromatic heterocycles. The number of thiazole rings is 1. The van der Waals surface area contributed by atoms with E-state index in [9.17, 15) is 0 Å². The predicted molar refractivity (Wildman–Crippen MR) is 112 cm³/mol. The first-order valence-electron chi connectivity index (χ1n) is 8.23. The molecule has 7 heteroatoms. The van der Waals surface area contributed by atoms with Crippen LogP contribution in [-0.4, -0.2) is 15.6 Å². The van der Waals surface area contributed by atoms with Crippen molar-refractivity contribution in [2.45, 2.75) is 13.5 Å². The lowest BCUT2D eigenvalue weighted by atomic mass is 10.1. The van der Waals surface area contributed by atoms with Gasteiger partial charge >= 0.3 is 0 Å². The fraction of sp³-hybridized carbons (Fsp3) is 0.100. The fourth-order valence-corrected chi connectivity index (χ4v) is 3.87. The first kappa shape index (κ1) is 18.0. The van der Waals surface area contributed by atoms with Crippen molar-refractivity contribution in [1.82, 2.24) is 9.38 Å². The molecule has 0 radical (unpaired) electrons. The molecule has 0 aliphatic carbocycles. The Bertz CT molecular complexity index is 1120. The molecule has 2 aromatic carbocycles. The molecule has 0 aliphatic rings. The van der Waals surface area contributed by atoms with Crippen molar-refractivity contribution in [2.24, 2.45) is 5.16 Å². The monoisotopic (exact) mass is 415 g/mol. The third kappa shape index (κ3) is 3.86. The number of benzene rings is 2. The van der Waals surface area contributed by atoms with Gasteiger partial charge in [0.15, 0.2) is 4.96 Å². The molecular formula is C20H15Cl2N3OS. The van der Waals surface area contributed by atoms with E-state index in [4.69, 9.17) is 33.0 Å². The molecule has 0 saturated heterocycles. The number of oxime groups is 1. The predicted octanol–water partition coefficient (Wildman–Crippen LogP) is 6.23. The molecule has 2 heterocycles. The highest BCUT2D eigenvalue weighted by Gasteiger charge is 2.13. The van der Waals surface area contributed by atoms with Crippen LogP contribution in [0.1, 0.15) is 16.8 Å². The van der Waals surface area contributed by atoms with E-state index in [-0.39, 0.29) is 6.61 Å². The highest BCUT2D eigenvalue weighted by atomic mass is 35.5. The van der Waals surface area contributed by atoms with Gasteiger partial charge < -0.3 is 4.84 Å². The van der Waals surface area contributed by atoms with Crippen LogP contribution in [0.5, 0.6) is 0 Å². The summed E-state index contributed by atoms with van der Waals surface area (Å²) in [5, 5.41) is 7.28. The Kier molecular flexibility index (Phi) is 5.16. The van der Waals surface area contributed by atoms with Crippen LogP contribution in [0.4, 0.5) is 0 Å². The van der Waals surface area contributed by atoms with E-state index in [1.165, 1.54) is 5.56 Å². The van der Waals surface area contributed by atoms with E-state index >= 15 is 0 Å². The summed E-state index contributed by atoms with van der Waals surface area (Å²) < 4.78 is 2.00. The SMILES string of the molecule is Cc1ccc(-c2nc3sccn3c2/C=N/OCc2ccc(Cl)cc2Cl)cc1. The number of hydrogen-bond acceptors (Lipinski definition) is 4. The van der Waals surface area contributed by atoms with E-state index in [1.807, 2.05) is 22.0 Å². The van der Waals surface area contributed by atoms with E-state index in [2.05, 4.69) is 36.3 Å². The van der Waals surface area contributed by atoms with E-state index in [1.54, 1.807) is 29.7 Å². The minimum absolute atomic E-state index is 0.262. The first-order chi connectivity index (χ1) is 13.1. The summed E-state index contributed by atoms with van der Waals surface area (Å²) in [5.41, 5.74) is 4.82. The molecule has 4 aromatic rings. The van der Waals surface area contributed by atoms with Gasteiger partial charge in [0, 0.05) is 32.7 Å². The van der Waals surface area contributed by atoms with Crippen molar-refractivity contribution in [1.29, 1.82) is 0 Å². The normalized spacial score (nSPS) is 11.5. The lowest BCUT2D eigenvalue weighted by Crippen LogP contribution is -1.94. The Hall–Kier alpha value is -2.34. The van der Waals surface area contributed by atoms with Crippen molar-refractivity contribution in [2.75, 3.05) is 0 Å². The molecule has 0 aliphatic heterocycles. The number of rotatable bonds is 5. The lowest BCUT2D eigenvalue weighted by Gasteiger charge is -2.03. The van der Waals surface area contributed by atoms with Gasteiger partial charge in [0.05, 0.1) is 17.6 Å². The average molecular weight is 416 g/mol.